The molecule has 0 aliphatic carbocycles. The van der Waals surface area contributed by atoms with Gasteiger partial charge in [-0.3, -0.25) is 4.79 Å². The van der Waals surface area contributed by atoms with Crippen LogP contribution in [0.2, 0.25) is 10.0 Å². The molecule has 1 amide bonds. The minimum Gasteiger partial charge on any atom is -0.324 e. The van der Waals surface area contributed by atoms with Crippen LogP contribution in [0.15, 0.2) is 46.8 Å². The normalized spacial score (nSPS) is 10.8. The third-order valence-corrected chi connectivity index (χ3v) is 5.55. The van der Waals surface area contributed by atoms with Gasteiger partial charge in [0.05, 0.1) is 26.7 Å². The molecule has 1 aromatic heterocycles. The smallest absolute Gasteiger partial charge is 0.234 e. The largest absolute Gasteiger partial charge is 0.324 e. The first kappa shape index (κ1) is 15.6. The second-order valence-electron chi connectivity index (χ2n) is 4.41. The van der Waals surface area contributed by atoms with Crippen molar-refractivity contribution in [2.45, 2.75) is 4.34 Å². The first-order chi connectivity index (χ1) is 10.6. The third-order valence-electron chi connectivity index (χ3n) is 2.80. The lowest BCUT2D eigenvalue weighted by atomic mass is 10.3. The Kier molecular flexibility index (Phi) is 4.88. The van der Waals surface area contributed by atoms with E-state index in [1.807, 2.05) is 24.3 Å². The van der Waals surface area contributed by atoms with E-state index in [2.05, 4.69) is 10.3 Å². The fourth-order valence-electron chi connectivity index (χ4n) is 1.82. The summed E-state index contributed by atoms with van der Waals surface area (Å²) >= 11 is 14.9. The lowest BCUT2D eigenvalue weighted by molar-refractivity contribution is -0.113. The number of carbonyl (C=O) groups excluding carboxylic acids is 1. The maximum Gasteiger partial charge on any atom is 0.234 e. The predicted octanol–water partition coefficient (Wildman–Crippen LogP) is 5.33. The number of para-hydroxylation sites is 1. The highest BCUT2D eigenvalue weighted by molar-refractivity contribution is 8.01. The molecule has 0 radical (unpaired) electrons. The molecule has 3 nitrogen and oxygen atoms in total. The van der Waals surface area contributed by atoms with Gasteiger partial charge in [-0.2, -0.15) is 0 Å². The molecule has 3 rings (SSSR count). The van der Waals surface area contributed by atoms with Crippen molar-refractivity contribution in [1.29, 1.82) is 0 Å². The van der Waals surface area contributed by atoms with Crippen molar-refractivity contribution in [3.05, 3.63) is 52.5 Å². The van der Waals surface area contributed by atoms with Crippen molar-refractivity contribution in [2.75, 3.05) is 11.1 Å². The number of thioether (sulfide) groups is 1. The number of fused-ring (bicyclic) bond motifs is 1. The number of anilines is 1. The Labute approximate surface area is 145 Å². The summed E-state index contributed by atoms with van der Waals surface area (Å²) in [5, 5.41) is 3.74. The first-order valence-electron chi connectivity index (χ1n) is 6.35. The summed E-state index contributed by atoms with van der Waals surface area (Å²) in [5.41, 5.74) is 1.47. The van der Waals surface area contributed by atoms with Crippen molar-refractivity contribution in [3.63, 3.8) is 0 Å². The molecule has 0 atom stereocenters. The van der Waals surface area contributed by atoms with Gasteiger partial charge >= 0.3 is 0 Å². The van der Waals surface area contributed by atoms with Crippen LogP contribution in [0, 0.1) is 0 Å². The molecule has 0 spiro atoms. The standard InChI is InChI=1S/C15H10Cl2N2OS2/c16-9-5-6-10(17)12(7-9)18-14(20)8-21-15-19-11-3-1-2-4-13(11)22-15/h1-7H,8H2,(H,18,20). The van der Waals surface area contributed by atoms with Crippen LogP contribution >= 0.6 is 46.3 Å². The number of hydrogen-bond donors (Lipinski definition) is 1. The topological polar surface area (TPSA) is 42.0 Å². The zero-order chi connectivity index (χ0) is 15.5. The molecule has 0 saturated carbocycles. The van der Waals surface area contributed by atoms with E-state index in [-0.39, 0.29) is 11.7 Å². The molecule has 7 heteroatoms. The number of aromatic nitrogens is 1. The predicted molar refractivity (Wildman–Crippen MR) is 95.4 cm³/mol. The number of hydrogen-bond acceptors (Lipinski definition) is 4. The van der Waals surface area contributed by atoms with Crippen molar-refractivity contribution >= 4 is 68.1 Å². The Morgan fingerprint density at radius 1 is 1.23 bits per heavy atom. The number of rotatable bonds is 4. The van der Waals surface area contributed by atoms with Gasteiger partial charge in [0, 0.05) is 5.02 Å². The minimum absolute atomic E-state index is 0.145. The van der Waals surface area contributed by atoms with Gasteiger partial charge in [0.1, 0.15) is 0 Å². The van der Waals surface area contributed by atoms with Crippen molar-refractivity contribution in [1.82, 2.24) is 4.98 Å². The minimum atomic E-state index is -0.145. The highest BCUT2D eigenvalue weighted by Gasteiger charge is 2.09. The number of thiazole rings is 1. The molecule has 22 heavy (non-hydrogen) atoms. The Hall–Kier alpha value is -1.27. The Bertz CT molecular complexity index is 802. The van der Waals surface area contributed by atoms with E-state index in [9.17, 15) is 4.79 Å². The monoisotopic (exact) mass is 368 g/mol. The van der Waals surface area contributed by atoms with Gasteiger partial charge in [-0.05, 0) is 30.3 Å². The summed E-state index contributed by atoms with van der Waals surface area (Å²) in [6, 6.07) is 12.9. The second kappa shape index (κ2) is 6.87. The van der Waals surface area contributed by atoms with Gasteiger partial charge in [-0.1, -0.05) is 47.1 Å². The van der Waals surface area contributed by atoms with Crippen LogP contribution in [0.4, 0.5) is 5.69 Å². The maximum absolute atomic E-state index is 12.0. The molecule has 1 N–H and O–H groups in total. The second-order valence-corrected chi connectivity index (χ2v) is 7.51. The molecular weight excluding hydrogens is 359 g/mol. The van der Waals surface area contributed by atoms with Gasteiger partial charge in [0.2, 0.25) is 5.91 Å². The summed E-state index contributed by atoms with van der Waals surface area (Å²) in [5.74, 6) is 0.122. The van der Waals surface area contributed by atoms with Crippen LogP contribution in [0.3, 0.4) is 0 Å². The number of carbonyl (C=O) groups is 1. The number of halogens is 2. The van der Waals surface area contributed by atoms with Crippen LogP contribution in [-0.2, 0) is 4.79 Å². The van der Waals surface area contributed by atoms with E-state index in [1.54, 1.807) is 29.5 Å². The Morgan fingerprint density at radius 2 is 2.05 bits per heavy atom. The van der Waals surface area contributed by atoms with Crippen LogP contribution < -0.4 is 5.32 Å². The van der Waals surface area contributed by atoms with Crippen LogP contribution in [0.5, 0.6) is 0 Å². The van der Waals surface area contributed by atoms with E-state index < -0.39 is 0 Å². The summed E-state index contributed by atoms with van der Waals surface area (Å²) in [6.45, 7) is 0. The third kappa shape index (κ3) is 3.73. The highest BCUT2D eigenvalue weighted by atomic mass is 35.5. The van der Waals surface area contributed by atoms with E-state index in [1.165, 1.54) is 11.8 Å². The maximum atomic E-state index is 12.0. The summed E-state index contributed by atoms with van der Waals surface area (Å²) in [6.07, 6.45) is 0. The van der Waals surface area contributed by atoms with Crippen molar-refractivity contribution < 1.29 is 4.79 Å². The van der Waals surface area contributed by atoms with E-state index in [0.29, 0.717) is 15.7 Å². The molecule has 0 aliphatic heterocycles. The summed E-state index contributed by atoms with van der Waals surface area (Å²) in [7, 11) is 0. The zero-order valence-corrected chi connectivity index (χ0v) is 14.3. The van der Waals surface area contributed by atoms with Gasteiger partial charge in [-0.15, -0.1) is 11.3 Å². The Morgan fingerprint density at radius 3 is 2.86 bits per heavy atom. The molecule has 0 bridgehead atoms. The molecule has 112 valence electrons. The SMILES string of the molecule is O=C(CSc1nc2ccccc2s1)Nc1cc(Cl)ccc1Cl. The lowest BCUT2D eigenvalue weighted by Gasteiger charge is -2.06. The first-order valence-corrected chi connectivity index (χ1v) is 8.91. The van der Waals surface area contributed by atoms with Gasteiger partial charge in [0.25, 0.3) is 0 Å². The number of benzene rings is 2. The molecule has 3 aromatic rings. The number of amides is 1. The van der Waals surface area contributed by atoms with Crippen LogP contribution in [0.1, 0.15) is 0 Å². The van der Waals surface area contributed by atoms with Gasteiger partial charge in [-0.25, -0.2) is 4.98 Å². The number of nitrogens with zero attached hydrogens (tertiary/aromatic N) is 1. The zero-order valence-electron chi connectivity index (χ0n) is 11.2. The molecule has 2 aromatic carbocycles. The van der Waals surface area contributed by atoms with Crippen molar-refractivity contribution in [2.24, 2.45) is 0 Å². The average Bonchev–Trinajstić information content (AvgIpc) is 2.92. The quantitative estimate of drug-likeness (QED) is 0.632. The van der Waals surface area contributed by atoms with E-state index in [4.69, 9.17) is 23.2 Å². The lowest BCUT2D eigenvalue weighted by Crippen LogP contribution is -2.14. The number of nitrogens with one attached hydrogen (secondary N) is 1. The molecule has 0 aliphatic rings. The van der Waals surface area contributed by atoms with Gasteiger partial charge in [0.15, 0.2) is 4.34 Å². The molecular formula is C15H10Cl2N2OS2. The summed E-state index contributed by atoms with van der Waals surface area (Å²) < 4.78 is 1.98. The molecule has 1 heterocycles. The van der Waals surface area contributed by atoms with E-state index >= 15 is 0 Å². The van der Waals surface area contributed by atoms with E-state index in [0.717, 1.165) is 14.6 Å². The Balaban J connectivity index is 1.63. The molecule has 0 saturated heterocycles. The fourth-order valence-corrected chi connectivity index (χ4v) is 4.03. The fraction of sp³-hybridized carbons (Fsp3) is 0.0667. The van der Waals surface area contributed by atoms with Crippen molar-refractivity contribution in [3.8, 4) is 0 Å². The average molecular weight is 369 g/mol. The van der Waals surface area contributed by atoms with Crippen LogP contribution in [0.25, 0.3) is 10.2 Å². The molecule has 0 unspecified atom stereocenters. The molecule has 0 fully saturated rings. The van der Waals surface area contributed by atoms with Gasteiger partial charge < -0.3 is 5.32 Å². The summed E-state index contributed by atoms with van der Waals surface area (Å²) in [4.78, 5) is 16.5. The highest BCUT2D eigenvalue weighted by Crippen LogP contribution is 2.30. The van der Waals surface area contributed by atoms with Crippen LogP contribution in [-0.4, -0.2) is 16.6 Å².